The van der Waals surface area contributed by atoms with Crippen LogP contribution in [0, 0.1) is 5.82 Å². The van der Waals surface area contributed by atoms with E-state index in [0.29, 0.717) is 6.42 Å². The number of azo groups is 1. The van der Waals surface area contributed by atoms with Gasteiger partial charge in [-0.05, 0) is 29.9 Å². The molecular formula is C9H7FN2OS. The SMILES string of the molecule is Fc1cccc(CC2N=NC(=S)O2)c1. The fourth-order valence-electron chi connectivity index (χ4n) is 1.22. The summed E-state index contributed by atoms with van der Waals surface area (Å²) in [7, 11) is 0. The minimum atomic E-state index is -0.399. The van der Waals surface area contributed by atoms with Gasteiger partial charge in [0, 0.05) is 6.42 Å². The molecule has 0 aliphatic carbocycles. The van der Waals surface area contributed by atoms with E-state index in [1.807, 2.05) is 6.07 Å². The molecule has 3 nitrogen and oxygen atoms in total. The van der Waals surface area contributed by atoms with Gasteiger partial charge in [0.1, 0.15) is 5.82 Å². The normalized spacial score (nSPS) is 19.8. The molecule has 0 saturated carbocycles. The molecule has 1 atom stereocenters. The maximum absolute atomic E-state index is 12.8. The van der Waals surface area contributed by atoms with Crippen LogP contribution in [0.5, 0.6) is 0 Å². The molecule has 5 heteroatoms. The smallest absolute Gasteiger partial charge is 0.304 e. The summed E-state index contributed by atoms with van der Waals surface area (Å²) < 4.78 is 17.9. The molecule has 0 amide bonds. The first-order valence-electron chi connectivity index (χ1n) is 4.10. The van der Waals surface area contributed by atoms with Gasteiger partial charge in [0.15, 0.2) is 0 Å². The Hall–Kier alpha value is -1.36. The highest BCUT2D eigenvalue weighted by Crippen LogP contribution is 2.14. The molecule has 2 rings (SSSR count). The van der Waals surface area contributed by atoms with Crippen molar-refractivity contribution in [1.29, 1.82) is 0 Å². The van der Waals surface area contributed by atoms with Crippen molar-refractivity contribution in [2.45, 2.75) is 12.6 Å². The highest BCUT2D eigenvalue weighted by Gasteiger charge is 2.17. The third-order valence-electron chi connectivity index (χ3n) is 1.80. The molecule has 1 aliphatic rings. The predicted molar refractivity (Wildman–Crippen MR) is 52.4 cm³/mol. The van der Waals surface area contributed by atoms with Gasteiger partial charge in [-0.1, -0.05) is 12.1 Å². The van der Waals surface area contributed by atoms with E-state index >= 15 is 0 Å². The standard InChI is InChI=1S/C9H7FN2OS/c10-7-3-1-2-6(4-7)5-8-11-12-9(14)13-8/h1-4,8H,5H2. The lowest BCUT2D eigenvalue weighted by Crippen LogP contribution is -2.09. The lowest BCUT2D eigenvalue weighted by atomic mass is 10.1. The van der Waals surface area contributed by atoms with Crippen LogP contribution in [0.25, 0.3) is 0 Å². The third kappa shape index (κ3) is 2.11. The lowest BCUT2D eigenvalue weighted by Gasteiger charge is -2.05. The van der Waals surface area contributed by atoms with Gasteiger partial charge in [-0.2, -0.15) is 0 Å². The maximum Gasteiger partial charge on any atom is 0.304 e. The zero-order chi connectivity index (χ0) is 9.97. The summed E-state index contributed by atoms with van der Waals surface area (Å²) in [6.07, 6.45) is 0.0887. The van der Waals surface area contributed by atoms with Crippen molar-refractivity contribution in [3.05, 3.63) is 35.6 Å². The second-order valence-corrected chi connectivity index (χ2v) is 3.24. The molecule has 0 spiro atoms. The largest absolute Gasteiger partial charge is 0.440 e. The van der Waals surface area contributed by atoms with Crippen LogP contribution in [0.15, 0.2) is 34.5 Å². The van der Waals surface area contributed by atoms with Crippen molar-refractivity contribution in [2.24, 2.45) is 10.2 Å². The molecule has 1 heterocycles. The first kappa shape index (κ1) is 9.21. The Morgan fingerprint density at radius 2 is 2.36 bits per heavy atom. The van der Waals surface area contributed by atoms with Gasteiger partial charge >= 0.3 is 5.17 Å². The van der Waals surface area contributed by atoms with E-state index in [2.05, 4.69) is 22.4 Å². The molecule has 0 fully saturated rings. The number of halogens is 1. The van der Waals surface area contributed by atoms with E-state index in [1.165, 1.54) is 12.1 Å². The van der Waals surface area contributed by atoms with E-state index in [0.717, 1.165) is 5.56 Å². The summed E-state index contributed by atoms with van der Waals surface area (Å²) in [5.41, 5.74) is 0.818. The van der Waals surface area contributed by atoms with Gasteiger partial charge in [-0.25, -0.2) is 4.39 Å². The molecule has 72 valence electrons. The number of hydrogen-bond acceptors (Lipinski definition) is 3. The van der Waals surface area contributed by atoms with Gasteiger partial charge in [-0.15, -0.1) is 10.2 Å². The Labute approximate surface area is 85.6 Å². The fraction of sp³-hybridized carbons (Fsp3) is 0.222. The minimum absolute atomic E-state index is 0.145. The zero-order valence-corrected chi connectivity index (χ0v) is 8.00. The van der Waals surface area contributed by atoms with E-state index in [-0.39, 0.29) is 11.0 Å². The first-order chi connectivity index (χ1) is 6.74. The average Bonchev–Trinajstić information content (AvgIpc) is 2.51. The highest BCUT2D eigenvalue weighted by molar-refractivity contribution is 7.80. The van der Waals surface area contributed by atoms with Crippen LogP contribution in [-0.4, -0.2) is 11.4 Å². The average molecular weight is 210 g/mol. The summed E-state index contributed by atoms with van der Waals surface area (Å²) in [6.45, 7) is 0. The van der Waals surface area contributed by atoms with E-state index in [4.69, 9.17) is 4.74 Å². The Morgan fingerprint density at radius 1 is 1.50 bits per heavy atom. The van der Waals surface area contributed by atoms with Gasteiger partial charge in [0.2, 0.25) is 6.23 Å². The van der Waals surface area contributed by atoms with E-state index in [1.54, 1.807) is 6.07 Å². The molecule has 0 radical (unpaired) electrons. The zero-order valence-electron chi connectivity index (χ0n) is 7.18. The van der Waals surface area contributed by atoms with Crippen molar-refractivity contribution >= 4 is 17.4 Å². The molecule has 1 unspecified atom stereocenters. The number of thiocarbonyl (C=S) groups is 1. The Kier molecular flexibility index (Phi) is 2.49. The van der Waals surface area contributed by atoms with Gasteiger partial charge in [0.05, 0.1) is 0 Å². The summed E-state index contributed by atoms with van der Waals surface area (Å²) >= 11 is 4.68. The first-order valence-corrected chi connectivity index (χ1v) is 4.51. The Balaban J connectivity index is 2.05. The molecule has 0 bridgehead atoms. The second-order valence-electron chi connectivity index (χ2n) is 2.89. The summed E-state index contributed by atoms with van der Waals surface area (Å²) in [5, 5.41) is 7.50. The molecule has 1 aliphatic heterocycles. The van der Waals surface area contributed by atoms with E-state index in [9.17, 15) is 4.39 Å². The number of benzene rings is 1. The molecule has 0 aromatic heterocycles. The van der Waals surface area contributed by atoms with Gasteiger partial charge in [0.25, 0.3) is 0 Å². The Bertz CT molecular complexity index is 394. The molecule has 0 saturated heterocycles. The van der Waals surface area contributed by atoms with Crippen LogP contribution < -0.4 is 0 Å². The minimum Gasteiger partial charge on any atom is -0.440 e. The number of rotatable bonds is 2. The van der Waals surface area contributed by atoms with Crippen LogP contribution in [0.2, 0.25) is 0 Å². The quantitative estimate of drug-likeness (QED) is 0.702. The van der Waals surface area contributed by atoms with Crippen molar-refractivity contribution < 1.29 is 9.13 Å². The van der Waals surface area contributed by atoms with Crippen LogP contribution in [-0.2, 0) is 11.2 Å². The highest BCUT2D eigenvalue weighted by atomic mass is 32.1. The summed E-state index contributed by atoms with van der Waals surface area (Å²) in [4.78, 5) is 0. The predicted octanol–water partition coefficient (Wildman–Crippen LogP) is 2.46. The van der Waals surface area contributed by atoms with Crippen molar-refractivity contribution in [2.75, 3.05) is 0 Å². The molecule has 1 aromatic carbocycles. The van der Waals surface area contributed by atoms with Crippen molar-refractivity contribution in [3.63, 3.8) is 0 Å². The molecule has 0 N–H and O–H groups in total. The number of ether oxygens (including phenoxy) is 1. The molecular weight excluding hydrogens is 203 g/mol. The number of nitrogens with zero attached hydrogens (tertiary/aromatic N) is 2. The summed E-state index contributed by atoms with van der Waals surface area (Å²) in [6, 6.07) is 6.30. The molecule has 14 heavy (non-hydrogen) atoms. The number of hydrogen-bond donors (Lipinski definition) is 0. The van der Waals surface area contributed by atoms with Crippen LogP contribution in [0.3, 0.4) is 0 Å². The Morgan fingerprint density at radius 3 is 3.00 bits per heavy atom. The van der Waals surface area contributed by atoms with Crippen molar-refractivity contribution in [3.8, 4) is 0 Å². The maximum atomic E-state index is 12.8. The monoisotopic (exact) mass is 210 g/mol. The van der Waals surface area contributed by atoms with Crippen molar-refractivity contribution in [1.82, 2.24) is 0 Å². The third-order valence-corrected chi connectivity index (χ3v) is 1.98. The topological polar surface area (TPSA) is 34.0 Å². The fourth-order valence-corrected chi connectivity index (χ4v) is 1.38. The second kappa shape index (κ2) is 3.79. The lowest BCUT2D eigenvalue weighted by molar-refractivity contribution is 0.222. The van der Waals surface area contributed by atoms with Crippen LogP contribution in [0.1, 0.15) is 5.56 Å². The van der Waals surface area contributed by atoms with Crippen LogP contribution >= 0.6 is 12.2 Å². The van der Waals surface area contributed by atoms with E-state index < -0.39 is 6.23 Å². The molecule has 1 aromatic rings. The summed E-state index contributed by atoms with van der Waals surface area (Å²) in [5.74, 6) is -0.264. The van der Waals surface area contributed by atoms with Gasteiger partial charge in [-0.3, -0.25) is 0 Å². The van der Waals surface area contributed by atoms with Crippen LogP contribution in [0.4, 0.5) is 4.39 Å². The van der Waals surface area contributed by atoms with Gasteiger partial charge < -0.3 is 4.74 Å².